The molecule has 0 bridgehead atoms. The third kappa shape index (κ3) is 5.34. The average Bonchev–Trinajstić information content (AvgIpc) is 3.23. The van der Waals surface area contributed by atoms with Crippen LogP contribution >= 0.6 is 0 Å². The van der Waals surface area contributed by atoms with Gasteiger partial charge in [0.15, 0.2) is 5.96 Å². The molecule has 0 radical (unpaired) electrons. The van der Waals surface area contributed by atoms with Gasteiger partial charge in [0.25, 0.3) is 0 Å². The van der Waals surface area contributed by atoms with Gasteiger partial charge in [-0.15, -0.1) is 0 Å². The summed E-state index contributed by atoms with van der Waals surface area (Å²) in [4.78, 5) is 18.0. The van der Waals surface area contributed by atoms with Crippen LogP contribution in [0.3, 0.4) is 0 Å². The lowest BCUT2D eigenvalue weighted by Crippen LogP contribution is -2.51. The standard InChI is InChI=1S/C22H35N5O2/c1-3-24-21(26-18-9-13-27(14-10-18)20(23)28)25-16-22(11-4-5-12-22)17-7-6-8-19(15-17)29-2/h6-8,15,18H,3-5,9-14,16H2,1-2H3,(H2,23,28)(H2,24,25,26). The molecule has 1 saturated heterocycles. The van der Waals surface area contributed by atoms with Gasteiger partial charge in [0.2, 0.25) is 0 Å². The molecule has 4 N–H and O–H groups in total. The van der Waals surface area contributed by atoms with E-state index in [1.807, 2.05) is 6.07 Å². The van der Waals surface area contributed by atoms with Crippen molar-refractivity contribution in [2.24, 2.45) is 10.7 Å². The SMILES string of the molecule is CCNC(=NCC1(c2cccc(OC)c2)CCCC1)NC1CCN(C(N)=O)CC1. The molecule has 1 aromatic carbocycles. The Balaban J connectivity index is 1.69. The van der Waals surface area contributed by atoms with Gasteiger partial charge in [-0.05, 0) is 50.3 Å². The Kier molecular flexibility index (Phi) is 7.23. The molecule has 2 aliphatic rings. The highest BCUT2D eigenvalue weighted by Gasteiger charge is 2.36. The van der Waals surface area contributed by atoms with Crippen LogP contribution in [0.15, 0.2) is 29.3 Å². The molecule has 1 heterocycles. The third-order valence-electron chi connectivity index (χ3n) is 6.27. The van der Waals surface area contributed by atoms with Gasteiger partial charge >= 0.3 is 6.03 Å². The number of nitrogens with one attached hydrogen (secondary N) is 2. The van der Waals surface area contributed by atoms with Crippen molar-refractivity contribution < 1.29 is 9.53 Å². The molecule has 1 aromatic rings. The highest BCUT2D eigenvalue weighted by atomic mass is 16.5. The summed E-state index contributed by atoms with van der Waals surface area (Å²) < 4.78 is 5.45. The number of ether oxygens (including phenoxy) is 1. The number of piperidine rings is 1. The second kappa shape index (κ2) is 9.85. The number of aliphatic imine (C=N–C) groups is 1. The summed E-state index contributed by atoms with van der Waals surface area (Å²) in [6, 6.07) is 8.43. The van der Waals surface area contributed by atoms with Gasteiger partial charge in [0.05, 0.1) is 13.7 Å². The summed E-state index contributed by atoms with van der Waals surface area (Å²) in [6.45, 7) is 5.05. The number of methoxy groups -OCH3 is 1. The fourth-order valence-electron chi connectivity index (χ4n) is 4.53. The van der Waals surface area contributed by atoms with E-state index < -0.39 is 0 Å². The molecule has 2 amide bonds. The van der Waals surface area contributed by atoms with Crippen molar-refractivity contribution >= 4 is 12.0 Å². The van der Waals surface area contributed by atoms with Crippen LogP contribution in [-0.2, 0) is 5.41 Å². The second-order valence-electron chi connectivity index (χ2n) is 8.16. The Labute approximate surface area is 174 Å². The number of carbonyl (C=O) groups excluding carboxylic acids is 1. The van der Waals surface area contributed by atoms with E-state index in [1.165, 1.54) is 18.4 Å². The van der Waals surface area contributed by atoms with E-state index in [-0.39, 0.29) is 11.4 Å². The summed E-state index contributed by atoms with van der Waals surface area (Å²) in [6.07, 6.45) is 6.55. The molecule has 7 nitrogen and oxygen atoms in total. The number of guanidine groups is 1. The molecule has 1 saturated carbocycles. The highest BCUT2D eigenvalue weighted by Crippen LogP contribution is 2.42. The molecule has 1 aliphatic carbocycles. The minimum atomic E-state index is -0.328. The number of hydrogen-bond acceptors (Lipinski definition) is 3. The van der Waals surface area contributed by atoms with Crippen LogP contribution in [0.1, 0.15) is 51.0 Å². The van der Waals surface area contributed by atoms with Crippen LogP contribution in [0.25, 0.3) is 0 Å². The highest BCUT2D eigenvalue weighted by molar-refractivity contribution is 5.80. The molecule has 0 unspecified atom stereocenters. The molecular formula is C22H35N5O2. The van der Waals surface area contributed by atoms with Gasteiger partial charge < -0.3 is 26.0 Å². The van der Waals surface area contributed by atoms with E-state index in [2.05, 4.69) is 35.8 Å². The van der Waals surface area contributed by atoms with Gasteiger partial charge in [-0.2, -0.15) is 0 Å². The monoisotopic (exact) mass is 401 g/mol. The van der Waals surface area contributed by atoms with Crippen LogP contribution in [0.5, 0.6) is 5.75 Å². The van der Waals surface area contributed by atoms with E-state index in [0.717, 1.165) is 50.5 Å². The number of hydrogen-bond donors (Lipinski definition) is 3. The number of primary amides is 1. The third-order valence-corrected chi connectivity index (χ3v) is 6.27. The minimum Gasteiger partial charge on any atom is -0.497 e. The second-order valence-corrected chi connectivity index (χ2v) is 8.16. The molecule has 3 rings (SSSR count). The normalized spacial score (nSPS) is 19.8. The first kappa shape index (κ1) is 21.3. The lowest BCUT2D eigenvalue weighted by Gasteiger charge is -2.32. The Bertz CT molecular complexity index is 707. The number of urea groups is 1. The zero-order valence-corrected chi connectivity index (χ0v) is 17.7. The number of nitrogens with two attached hydrogens (primary N) is 1. The molecule has 1 aliphatic heterocycles. The smallest absolute Gasteiger partial charge is 0.314 e. The van der Waals surface area contributed by atoms with Crippen LogP contribution in [-0.4, -0.2) is 56.2 Å². The topological polar surface area (TPSA) is 92.0 Å². The van der Waals surface area contributed by atoms with Gasteiger partial charge in [-0.1, -0.05) is 25.0 Å². The maximum atomic E-state index is 11.3. The molecule has 160 valence electrons. The van der Waals surface area contributed by atoms with Crippen molar-refractivity contribution in [3.8, 4) is 5.75 Å². The number of nitrogens with zero attached hydrogens (tertiary/aromatic N) is 2. The quantitative estimate of drug-likeness (QED) is 0.505. The summed E-state index contributed by atoms with van der Waals surface area (Å²) in [7, 11) is 1.72. The summed E-state index contributed by atoms with van der Waals surface area (Å²) in [5, 5.41) is 6.95. The van der Waals surface area contributed by atoms with E-state index in [0.29, 0.717) is 19.1 Å². The van der Waals surface area contributed by atoms with Gasteiger partial charge in [0.1, 0.15) is 5.75 Å². The molecular weight excluding hydrogens is 366 g/mol. The van der Waals surface area contributed by atoms with Crippen LogP contribution < -0.4 is 21.1 Å². The largest absolute Gasteiger partial charge is 0.497 e. The summed E-state index contributed by atoms with van der Waals surface area (Å²) >= 11 is 0. The maximum absolute atomic E-state index is 11.3. The lowest BCUT2D eigenvalue weighted by atomic mass is 9.79. The molecule has 7 heteroatoms. The Morgan fingerprint density at radius 1 is 1.31 bits per heavy atom. The first-order valence-electron chi connectivity index (χ1n) is 10.8. The van der Waals surface area contributed by atoms with Crippen molar-refractivity contribution in [1.82, 2.24) is 15.5 Å². The van der Waals surface area contributed by atoms with Crippen molar-refractivity contribution in [2.75, 3.05) is 33.3 Å². The van der Waals surface area contributed by atoms with Crippen LogP contribution in [0, 0.1) is 0 Å². The predicted octanol–water partition coefficient (Wildman–Crippen LogP) is 2.61. The first-order valence-corrected chi connectivity index (χ1v) is 10.8. The number of benzene rings is 1. The predicted molar refractivity (Wildman–Crippen MR) is 116 cm³/mol. The van der Waals surface area contributed by atoms with Crippen LogP contribution in [0.4, 0.5) is 4.79 Å². The van der Waals surface area contributed by atoms with Gasteiger partial charge in [0, 0.05) is 31.1 Å². The molecule has 2 fully saturated rings. The number of amides is 2. The zero-order valence-electron chi connectivity index (χ0n) is 17.7. The summed E-state index contributed by atoms with van der Waals surface area (Å²) in [5.41, 5.74) is 6.79. The van der Waals surface area contributed by atoms with E-state index >= 15 is 0 Å². The fraction of sp³-hybridized carbons (Fsp3) is 0.636. The summed E-state index contributed by atoms with van der Waals surface area (Å²) in [5.74, 6) is 1.77. The van der Waals surface area contributed by atoms with Gasteiger partial charge in [-0.25, -0.2) is 4.79 Å². The maximum Gasteiger partial charge on any atom is 0.314 e. The molecule has 0 aromatic heterocycles. The van der Waals surface area contributed by atoms with Gasteiger partial charge in [-0.3, -0.25) is 4.99 Å². The van der Waals surface area contributed by atoms with Crippen molar-refractivity contribution in [1.29, 1.82) is 0 Å². The fourth-order valence-corrected chi connectivity index (χ4v) is 4.53. The van der Waals surface area contributed by atoms with E-state index in [9.17, 15) is 4.79 Å². The van der Waals surface area contributed by atoms with Crippen molar-refractivity contribution in [3.05, 3.63) is 29.8 Å². The number of carbonyl (C=O) groups is 1. The molecule has 0 spiro atoms. The van der Waals surface area contributed by atoms with Crippen LogP contribution in [0.2, 0.25) is 0 Å². The Morgan fingerprint density at radius 2 is 2.03 bits per heavy atom. The minimum absolute atomic E-state index is 0.0756. The Morgan fingerprint density at radius 3 is 2.66 bits per heavy atom. The average molecular weight is 402 g/mol. The lowest BCUT2D eigenvalue weighted by molar-refractivity contribution is 0.188. The van der Waals surface area contributed by atoms with Crippen molar-refractivity contribution in [2.45, 2.75) is 56.9 Å². The zero-order chi connectivity index (χ0) is 20.7. The number of rotatable bonds is 6. The van der Waals surface area contributed by atoms with E-state index in [1.54, 1.807) is 12.0 Å². The Hall–Kier alpha value is -2.44. The number of likely N-dealkylation sites (tertiary alicyclic amines) is 1. The molecule has 29 heavy (non-hydrogen) atoms. The van der Waals surface area contributed by atoms with Crippen molar-refractivity contribution in [3.63, 3.8) is 0 Å². The van der Waals surface area contributed by atoms with E-state index in [4.69, 9.17) is 15.5 Å². The first-order chi connectivity index (χ1) is 14.1. The molecule has 0 atom stereocenters.